The van der Waals surface area contributed by atoms with Gasteiger partial charge in [-0.1, -0.05) is 5.21 Å². The van der Waals surface area contributed by atoms with Crippen LogP contribution in [0.2, 0.25) is 0 Å². The maximum Gasteiger partial charge on any atom is 0.186 e. The minimum atomic E-state index is -0.308. The molecule has 0 aliphatic rings. The highest BCUT2D eigenvalue weighted by atomic mass is 19.1. The zero-order valence-electron chi connectivity index (χ0n) is 7.98. The first-order valence-corrected chi connectivity index (χ1v) is 4.30. The fourth-order valence-electron chi connectivity index (χ4n) is 1.26. The highest BCUT2D eigenvalue weighted by molar-refractivity contribution is 5.35. The lowest BCUT2D eigenvalue weighted by molar-refractivity contribution is 0.626. The molecule has 0 bridgehead atoms. The van der Waals surface area contributed by atoms with Gasteiger partial charge in [-0.05, 0) is 31.2 Å². The van der Waals surface area contributed by atoms with E-state index in [4.69, 9.17) is 5.26 Å². The molecule has 0 saturated carbocycles. The molecule has 5 heteroatoms. The van der Waals surface area contributed by atoms with Gasteiger partial charge in [0.05, 0.1) is 11.4 Å². The lowest BCUT2D eigenvalue weighted by atomic mass is 10.3. The van der Waals surface area contributed by atoms with E-state index >= 15 is 0 Å². The molecule has 0 saturated heterocycles. The average Bonchev–Trinajstić information content (AvgIpc) is 2.61. The first-order chi connectivity index (χ1) is 7.22. The van der Waals surface area contributed by atoms with Gasteiger partial charge in [0.15, 0.2) is 5.69 Å². The number of nitriles is 1. The van der Waals surface area contributed by atoms with Gasteiger partial charge in [-0.3, -0.25) is 0 Å². The minimum Gasteiger partial charge on any atom is -0.216 e. The SMILES string of the molecule is Cc1c(C#N)nnn1-c1ccc(F)cc1. The smallest absolute Gasteiger partial charge is 0.186 e. The zero-order chi connectivity index (χ0) is 10.8. The van der Waals surface area contributed by atoms with Crippen LogP contribution >= 0.6 is 0 Å². The Morgan fingerprint density at radius 1 is 1.33 bits per heavy atom. The lowest BCUT2D eigenvalue weighted by Gasteiger charge is -2.01. The standard InChI is InChI=1S/C10H7FN4/c1-7-10(6-12)13-14-15(7)9-4-2-8(11)3-5-9/h2-5H,1H3. The molecule has 0 radical (unpaired) electrons. The van der Waals surface area contributed by atoms with Crippen LogP contribution in [0.5, 0.6) is 0 Å². The predicted molar refractivity (Wildman–Crippen MR) is 50.8 cm³/mol. The average molecular weight is 202 g/mol. The first-order valence-electron chi connectivity index (χ1n) is 4.30. The van der Waals surface area contributed by atoms with Gasteiger partial charge in [0, 0.05) is 0 Å². The number of hydrogen-bond acceptors (Lipinski definition) is 3. The number of aromatic nitrogens is 3. The van der Waals surface area contributed by atoms with Crippen molar-refractivity contribution in [3.05, 3.63) is 41.5 Å². The highest BCUT2D eigenvalue weighted by Gasteiger charge is 2.08. The second-order valence-electron chi connectivity index (χ2n) is 3.02. The Balaban J connectivity index is 2.51. The van der Waals surface area contributed by atoms with Crippen LogP contribution in [-0.2, 0) is 0 Å². The van der Waals surface area contributed by atoms with Gasteiger partial charge in [0.2, 0.25) is 0 Å². The summed E-state index contributed by atoms with van der Waals surface area (Å²) in [5.41, 5.74) is 1.60. The van der Waals surface area contributed by atoms with Crippen molar-refractivity contribution < 1.29 is 4.39 Å². The first kappa shape index (κ1) is 9.34. The normalized spacial score (nSPS) is 9.93. The number of halogens is 1. The molecular formula is C10H7FN4. The summed E-state index contributed by atoms with van der Waals surface area (Å²) >= 11 is 0. The van der Waals surface area contributed by atoms with Gasteiger partial charge in [0.25, 0.3) is 0 Å². The summed E-state index contributed by atoms with van der Waals surface area (Å²) in [5, 5.41) is 16.2. The Kier molecular flexibility index (Phi) is 2.18. The molecular weight excluding hydrogens is 195 g/mol. The molecule has 0 aliphatic heterocycles. The van der Waals surface area contributed by atoms with Gasteiger partial charge in [-0.2, -0.15) is 5.26 Å². The van der Waals surface area contributed by atoms with Gasteiger partial charge in [0.1, 0.15) is 11.9 Å². The van der Waals surface area contributed by atoms with Crippen LogP contribution < -0.4 is 0 Å². The van der Waals surface area contributed by atoms with E-state index in [2.05, 4.69) is 10.3 Å². The van der Waals surface area contributed by atoms with Crippen molar-refractivity contribution in [2.24, 2.45) is 0 Å². The Hall–Kier alpha value is -2.22. The van der Waals surface area contributed by atoms with Crippen LogP contribution in [0.3, 0.4) is 0 Å². The Morgan fingerprint density at radius 2 is 2.00 bits per heavy atom. The van der Waals surface area contributed by atoms with Crippen molar-refractivity contribution in [3.8, 4) is 11.8 Å². The quantitative estimate of drug-likeness (QED) is 0.705. The summed E-state index contributed by atoms with van der Waals surface area (Å²) in [6, 6.07) is 7.76. The lowest BCUT2D eigenvalue weighted by Crippen LogP contribution is -1.99. The summed E-state index contributed by atoms with van der Waals surface area (Å²) in [5.74, 6) is -0.308. The van der Waals surface area contributed by atoms with Crippen LogP contribution in [0.15, 0.2) is 24.3 Å². The fourth-order valence-corrected chi connectivity index (χ4v) is 1.26. The van der Waals surface area contributed by atoms with E-state index in [1.807, 2.05) is 6.07 Å². The van der Waals surface area contributed by atoms with Crippen molar-refractivity contribution in [2.75, 3.05) is 0 Å². The molecule has 0 unspecified atom stereocenters. The Morgan fingerprint density at radius 3 is 2.53 bits per heavy atom. The largest absolute Gasteiger partial charge is 0.216 e. The topological polar surface area (TPSA) is 54.5 Å². The molecule has 0 amide bonds. The Labute approximate surface area is 85.6 Å². The summed E-state index contributed by atoms with van der Waals surface area (Å²) in [6.45, 7) is 1.74. The number of hydrogen-bond donors (Lipinski definition) is 0. The third kappa shape index (κ3) is 1.57. The molecule has 2 aromatic rings. The molecule has 1 aromatic heterocycles. The molecule has 0 N–H and O–H groups in total. The molecule has 0 fully saturated rings. The number of rotatable bonds is 1. The molecule has 0 aliphatic carbocycles. The molecule has 1 aromatic carbocycles. The maximum absolute atomic E-state index is 12.7. The van der Waals surface area contributed by atoms with E-state index in [0.29, 0.717) is 11.4 Å². The van der Waals surface area contributed by atoms with Crippen molar-refractivity contribution in [3.63, 3.8) is 0 Å². The Bertz CT molecular complexity index is 521. The second-order valence-corrected chi connectivity index (χ2v) is 3.02. The van der Waals surface area contributed by atoms with Gasteiger partial charge in [-0.15, -0.1) is 5.10 Å². The third-order valence-electron chi connectivity index (χ3n) is 2.07. The summed E-state index contributed by atoms with van der Waals surface area (Å²) in [6.07, 6.45) is 0. The van der Waals surface area contributed by atoms with Gasteiger partial charge >= 0.3 is 0 Å². The van der Waals surface area contributed by atoms with E-state index in [1.165, 1.54) is 16.8 Å². The van der Waals surface area contributed by atoms with Crippen molar-refractivity contribution >= 4 is 0 Å². The van der Waals surface area contributed by atoms with Crippen LogP contribution in [-0.4, -0.2) is 15.0 Å². The van der Waals surface area contributed by atoms with Crippen molar-refractivity contribution in [2.45, 2.75) is 6.92 Å². The van der Waals surface area contributed by atoms with E-state index in [0.717, 1.165) is 0 Å². The van der Waals surface area contributed by atoms with E-state index in [-0.39, 0.29) is 11.5 Å². The molecule has 1 heterocycles. The van der Waals surface area contributed by atoms with Crippen LogP contribution in [0.4, 0.5) is 4.39 Å². The highest BCUT2D eigenvalue weighted by Crippen LogP contribution is 2.11. The molecule has 4 nitrogen and oxygen atoms in total. The van der Waals surface area contributed by atoms with E-state index < -0.39 is 0 Å². The van der Waals surface area contributed by atoms with Crippen LogP contribution in [0, 0.1) is 24.1 Å². The second kappa shape index (κ2) is 3.50. The summed E-state index contributed by atoms with van der Waals surface area (Å²) in [7, 11) is 0. The monoisotopic (exact) mass is 202 g/mol. The molecule has 2 rings (SSSR count). The summed E-state index contributed by atoms with van der Waals surface area (Å²) < 4.78 is 14.2. The van der Waals surface area contributed by atoms with Gasteiger partial charge < -0.3 is 0 Å². The van der Waals surface area contributed by atoms with Crippen LogP contribution in [0.25, 0.3) is 5.69 Å². The summed E-state index contributed by atoms with van der Waals surface area (Å²) in [4.78, 5) is 0. The number of benzene rings is 1. The minimum absolute atomic E-state index is 0.277. The van der Waals surface area contributed by atoms with Gasteiger partial charge in [-0.25, -0.2) is 9.07 Å². The van der Waals surface area contributed by atoms with Crippen molar-refractivity contribution in [1.29, 1.82) is 5.26 Å². The predicted octanol–water partition coefficient (Wildman–Crippen LogP) is 1.59. The molecule has 0 atom stereocenters. The number of nitrogens with zero attached hydrogens (tertiary/aromatic N) is 4. The molecule has 0 spiro atoms. The molecule has 74 valence electrons. The fraction of sp³-hybridized carbons (Fsp3) is 0.100. The van der Waals surface area contributed by atoms with Crippen molar-refractivity contribution in [1.82, 2.24) is 15.0 Å². The maximum atomic E-state index is 12.7. The van der Waals surface area contributed by atoms with E-state index in [9.17, 15) is 4.39 Å². The van der Waals surface area contributed by atoms with E-state index in [1.54, 1.807) is 19.1 Å². The third-order valence-corrected chi connectivity index (χ3v) is 2.07. The van der Waals surface area contributed by atoms with Crippen LogP contribution in [0.1, 0.15) is 11.4 Å². The zero-order valence-corrected chi connectivity index (χ0v) is 7.98. The molecule has 15 heavy (non-hydrogen) atoms.